The van der Waals surface area contributed by atoms with Gasteiger partial charge < -0.3 is 5.32 Å². The van der Waals surface area contributed by atoms with Crippen LogP contribution in [0, 0.1) is 11.3 Å². The van der Waals surface area contributed by atoms with Gasteiger partial charge in [-0.1, -0.05) is 23.5 Å². The van der Waals surface area contributed by atoms with Crippen LogP contribution in [0.1, 0.15) is 20.9 Å². The number of aromatic nitrogens is 2. The van der Waals surface area contributed by atoms with Crippen LogP contribution in [0.15, 0.2) is 24.3 Å². The number of hydrogen-bond donors (Lipinski definition) is 1. The van der Waals surface area contributed by atoms with Gasteiger partial charge in [-0.25, -0.2) is 0 Å². The molecule has 0 spiro atoms. The molecule has 0 aliphatic heterocycles. The van der Waals surface area contributed by atoms with Crippen molar-refractivity contribution in [3.8, 4) is 6.07 Å². The number of carbonyl (C=O) groups excluding carboxylic acids is 1. The van der Waals surface area contributed by atoms with E-state index >= 15 is 0 Å². The van der Waals surface area contributed by atoms with E-state index < -0.39 is 0 Å². The van der Waals surface area contributed by atoms with Gasteiger partial charge in [0.25, 0.3) is 5.91 Å². The fourth-order valence-electron chi connectivity index (χ4n) is 1.31. The minimum absolute atomic E-state index is 0.219. The zero-order chi connectivity index (χ0) is 13.0. The maximum absolute atomic E-state index is 11.7. The summed E-state index contributed by atoms with van der Waals surface area (Å²) in [5.74, 6) is -0.332. The van der Waals surface area contributed by atoms with Crippen molar-refractivity contribution < 1.29 is 4.79 Å². The van der Waals surface area contributed by atoms with Crippen LogP contribution < -0.4 is 5.32 Å². The molecule has 0 saturated carbocycles. The summed E-state index contributed by atoms with van der Waals surface area (Å²) >= 11 is 6.61. The van der Waals surface area contributed by atoms with Crippen LogP contribution in [0.2, 0.25) is 4.47 Å². The number of nitriles is 1. The van der Waals surface area contributed by atoms with Crippen molar-refractivity contribution in [2.24, 2.45) is 0 Å². The molecule has 0 saturated heterocycles. The molecule has 1 amide bonds. The van der Waals surface area contributed by atoms with Crippen LogP contribution >= 0.6 is 22.9 Å². The summed E-state index contributed by atoms with van der Waals surface area (Å²) in [6.45, 7) is 0.325. The Hall–Kier alpha value is -1.97. The molecule has 0 bridgehead atoms. The summed E-state index contributed by atoms with van der Waals surface area (Å²) < 4.78 is 0.228. The molecule has 1 aromatic heterocycles. The first-order valence-electron chi connectivity index (χ1n) is 4.95. The van der Waals surface area contributed by atoms with Gasteiger partial charge in [-0.15, -0.1) is 10.2 Å². The Balaban J connectivity index is 1.99. The van der Waals surface area contributed by atoms with Crippen LogP contribution in [0.25, 0.3) is 0 Å². The van der Waals surface area contributed by atoms with Gasteiger partial charge in [-0.05, 0) is 29.3 Å². The van der Waals surface area contributed by atoms with Gasteiger partial charge in [-0.2, -0.15) is 5.26 Å². The van der Waals surface area contributed by atoms with E-state index in [2.05, 4.69) is 15.5 Å². The van der Waals surface area contributed by atoms with E-state index in [-0.39, 0.29) is 15.4 Å². The third-order valence-corrected chi connectivity index (χ3v) is 3.12. The molecule has 0 fully saturated rings. The van der Waals surface area contributed by atoms with Gasteiger partial charge in [0.05, 0.1) is 11.6 Å². The fourth-order valence-corrected chi connectivity index (χ4v) is 2.05. The SMILES string of the molecule is N#Cc1cccc(CNC(=O)c2nnc(Cl)s2)c1. The first kappa shape index (κ1) is 12.5. The number of rotatable bonds is 3. The van der Waals surface area contributed by atoms with Crippen molar-refractivity contribution in [2.45, 2.75) is 6.54 Å². The second kappa shape index (κ2) is 5.58. The van der Waals surface area contributed by atoms with Crippen molar-refractivity contribution in [3.63, 3.8) is 0 Å². The van der Waals surface area contributed by atoms with Gasteiger partial charge in [0.1, 0.15) is 0 Å². The average Bonchev–Trinajstić information content (AvgIpc) is 2.83. The molecule has 90 valence electrons. The molecule has 1 aromatic carbocycles. The predicted molar refractivity (Wildman–Crippen MR) is 67.2 cm³/mol. The Morgan fingerprint density at radius 2 is 2.33 bits per heavy atom. The summed E-state index contributed by atoms with van der Waals surface area (Å²) in [4.78, 5) is 11.7. The van der Waals surface area contributed by atoms with Crippen LogP contribution in [0.4, 0.5) is 0 Å². The molecule has 5 nitrogen and oxygen atoms in total. The minimum Gasteiger partial charge on any atom is -0.346 e. The molecule has 0 unspecified atom stereocenters. The zero-order valence-corrected chi connectivity index (χ0v) is 10.6. The van der Waals surface area contributed by atoms with E-state index in [9.17, 15) is 4.79 Å². The molecule has 18 heavy (non-hydrogen) atoms. The fraction of sp³-hybridized carbons (Fsp3) is 0.0909. The number of benzene rings is 1. The highest BCUT2D eigenvalue weighted by Gasteiger charge is 2.11. The molecule has 1 N–H and O–H groups in total. The van der Waals surface area contributed by atoms with E-state index in [1.54, 1.807) is 18.2 Å². The molecule has 2 rings (SSSR count). The third-order valence-electron chi connectivity index (χ3n) is 2.10. The standard InChI is InChI=1S/C11H7ClN4OS/c12-11-16-15-10(18-11)9(17)14-6-8-3-1-2-7(4-8)5-13/h1-4H,6H2,(H,14,17). The van der Waals surface area contributed by atoms with Gasteiger partial charge in [0.15, 0.2) is 0 Å². The van der Waals surface area contributed by atoms with E-state index in [1.165, 1.54) is 0 Å². The number of halogens is 1. The lowest BCUT2D eigenvalue weighted by Crippen LogP contribution is -2.22. The van der Waals surface area contributed by atoms with Crippen molar-refractivity contribution in [1.82, 2.24) is 15.5 Å². The second-order valence-electron chi connectivity index (χ2n) is 3.36. The Labute approximate surface area is 112 Å². The molecular weight excluding hydrogens is 272 g/mol. The number of nitrogens with zero attached hydrogens (tertiary/aromatic N) is 3. The van der Waals surface area contributed by atoms with Crippen molar-refractivity contribution >= 4 is 28.8 Å². The topological polar surface area (TPSA) is 78.7 Å². The third kappa shape index (κ3) is 3.03. The normalized spacial score (nSPS) is 9.78. The first-order chi connectivity index (χ1) is 8.69. The maximum atomic E-state index is 11.7. The van der Waals surface area contributed by atoms with Crippen LogP contribution in [-0.2, 0) is 6.54 Å². The largest absolute Gasteiger partial charge is 0.346 e. The molecule has 2 aromatic rings. The zero-order valence-electron chi connectivity index (χ0n) is 9.05. The van der Waals surface area contributed by atoms with Crippen molar-refractivity contribution in [1.29, 1.82) is 5.26 Å². The number of amides is 1. The Kier molecular flexibility index (Phi) is 3.87. The van der Waals surface area contributed by atoms with E-state index in [4.69, 9.17) is 16.9 Å². The second-order valence-corrected chi connectivity index (χ2v) is 4.91. The summed E-state index contributed by atoms with van der Waals surface area (Å²) in [7, 11) is 0. The summed E-state index contributed by atoms with van der Waals surface area (Å²) in [5, 5.41) is 18.8. The lowest BCUT2D eigenvalue weighted by atomic mass is 10.1. The lowest BCUT2D eigenvalue weighted by molar-refractivity contribution is 0.0950. The van der Waals surface area contributed by atoms with Gasteiger partial charge in [0.2, 0.25) is 9.47 Å². The van der Waals surface area contributed by atoms with Crippen LogP contribution in [-0.4, -0.2) is 16.1 Å². The van der Waals surface area contributed by atoms with Gasteiger partial charge in [-0.3, -0.25) is 4.79 Å². The Morgan fingerprint density at radius 3 is 3.00 bits per heavy atom. The monoisotopic (exact) mass is 278 g/mol. The van der Waals surface area contributed by atoms with E-state index in [1.807, 2.05) is 12.1 Å². The van der Waals surface area contributed by atoms with Crippen LogP contribution in [0.3, 0.4) is 0 Å². The molecule has 0 aliphatic carbocycles. The van der Waals surface area contributed by atoms with E-state index in [0.717, 1.165) is 16.9 Å². The molecular formula is C11H7ClN4OS. The lowest BCUT2D eigenvalue weighted by Gasteiger charge is -2.02. The molecule has 7 heteroatoms. The first-order valence-corrected chi connectivity index (χ1v) is 6.15. The van der Waals surface area contributed by atoms with E-state index in [0.29, 0.717) is 12.1 Å². The highest BCUT2D eigenvalue weighted by Crippen LogP contribution is 2.14. The summed E-state index contributed by atoms with van der Waals surface area (Å²) in [6, 6.07) is 9.05. The highest BCUT2D eigenvalue weighted by atomic mass is 35.5. The summed E-state index contributed by atoms with van der Waals surface area (Å²) in [6.07, 6.45) is 0. The Morgan fingerprint density at radius 1 is 1.50 bits per heavy atom. The van der Waals surface area contributed by atoms with Crippen molar-refractivity contribution in [3.05, 3.63) is 44.9 Å². The molecule has 1 heterocycles. The van der Waals surface area contributed by atoms with Gasteiger partial charge in [0, 0.05) is 6.54 Å². The predicted octanol–water partition coefficient (Wildman–Crippen LogP) is 1.99. The number of carbonyl (C=O) groups is 1. The van der Waals surface area contributed by atoms with Crippen molar-refractivity contribution in [2.75, 3.05) is 0 Å². The Bertz CT molecular complexity index is 620. The quantitative estimate of drug-likeness (QED) is 0.931. The minimum atomic E-state index is -0.332. The highest BCUT2D eigenvalue weighted by molar-refractivity contribution is 7.17. The average molecular weight is 279 g/mol. The summed E-state index contributed by atoms with van der Waals surface area (Å²) in [5.41, 5.74) is 1.40. The number of hydrogen-bond acceptors (Lipinski definition) is 5. The molecule has 0 atom stereocenters. The molecule has 0 aliphatic rings. The smallest absolute Gasteiger partial charge is 0.282 e. The molecule has 0 radical (unpaired) electrons. The van der Waals surface area contributed by atoms with Gasteiger partial charge >= 0.3 is 0 Å². The number of nitrogens with one attached hydrogen (secondary N) is 1. The maximum Gasteiger partial charge on any atom is 0.282 e. The van der Waals surface area contributed by atoms with Crippen LogP contribution in [0.5, 0.6) is 0 Å².